The molecule has 6 nitrogen and oxygen atoms in total. The first-order valence-corrected chi connectivity index (χ1v) is 8.70. The third-order valence-electron chi connectivity index (χ3n) is 4.44. The fourth-order valence-corrected chi connectivity index (χ4v) is 2.94. The summed E-state index contributed by atoms with van der Waals surface area (Å²) < 4.78 is 0. The normalized spacial score (nSPS) is 15.3. The molecule has 1 aromatic rings. The van der Waals surface area contributed by atoms with Gasteiger partial charge in [-0.2, -0.15) is 0 Å². The molecular weight excluding hydrogens is 340 g/mol. The predicted molar refractivity (Wildman–Crippen MR) is 103 cm³/mol. The Morgan fingerprint density at radius 3 is 2.48 bits per heavy atom. The summed E-state index contributed by atoms with van der Waals surface area (Å²) in [5.74, 6) is -0.0703. The number of piperidine rings is 1. The monoisotopic (exact) mass is 368 g/mol. The van der Waals surface area contributed by atoms with Crippen molar-refractivity contribution in [3.63, 3.8) is 0 Å². The van der Waals surface area contributed by atoms with Crippen LogP contribution in [0.3, 0.4) is 0 Å². The van der Waals surface area contributed by atoms with Gasteiger partial charge in [-0.1, -0.05) is 6.07 Å². The first-order chi connectivity index (χ1) is 11.5. The van der Waals surface area contributed by atoms with Crippen molar-refractivity contribution in [3.05, 3.63) is 29.8 Å². The number of amides is 2. The quantitative estimate of drug-likeness (QED) is 0.804. The van der Waals surface area contributed by atoms with Crippen LogP contribution in [0.25, 0.3) is 0 Å². The minimum Gasteiger partial charge on any atom is -0.339 e. The van der Waals surface area contributed by atoms with Crippen LogP contribution in [0, 0.1) is 0 Å². The van der Waals surface area contributed by atoms with Crippen LogP contribution in [0.4, 0.5) is 5.69 Å². The maximum Gasteiger partial charge on any atom is 0.253 e. The summed E-state index contributed by atoms with van der Waals surface area (Å²) in [6.45, 7) is 7.33. The van der Waals surface area contributed by atoms with Crippen molar-refractivity contribution < 1.29 is 9.59 Å². The SMILES string of the molecule is CCN(CC)C(=O)c1cccc(NC(=O)CN2CCC(N)CC2)c1.Cl. The molecule has 1 fully saturated rings. The number of benzene rings is 1. The van der Waals surface area contributed by atoms with Gasteiger partial charge in [0.2, 0.25) is 5.91 Å². The van der Waals surface area contributed by atoms with E-state index in [4.69, 9.17) is 5.73 Å². The Bertz CT molecular complexity index is 570. The lowest BCUT2D eigenvalue weighted by atomic mass is 10.1. The van der Waals surface area contributed by atoms with Crippen molar-refractivity contribution in [3.8, 4) is 0 Å². The first-order valence-electron chi connectivity index (χ1n) is 8.70. The third kappa shape index (κ3) is 6.30. The van der Waals surface area contributed by atoms with E-state index in [1.165, 1.54) is 0 Å². The van der Waals surface area contributed by atoms with Crippen LogP contribution in [0.15, 0.2) is 24.3 Å². The smallest absolute Gasteiger partial charge is 0.253 e. The molecule has 0 spiro atoms. The highest BCUT2D eigenvalue weighted by molar-refractivity contribution is 5.97. The van der Waals surface area contributed by atoms with Crippen molar-refractivity contribution in [2.45, 2.75) is 32.7 Å². The van der Waals surface area contributed by atoms with E-state index >= 15 is 0 Å². The number of rotatable bonds is 6. The Hall–Kier alpha value is -1.63. The molecule has 0 bridgehead atoms. The Kier molecular flexibility index (Phi) is 8.89. The van der Waals surface area contributed by atoms with Crippen LogP contribution in [0.1, 0.15) is 37.0 Å². The number of carbonyl (C=O) groups is 2. The number of hydrogen-bond acceptors (Lipinski definition) is 4. The van der Waals surface area contributed by atoms with Gasteiger partial charge in [-0.3, -0.25) is 14.5 Å². The molecule has 0 unspecified atom stereocenters. The molecule has 0 aliphatic carbocycles. The van der Waals surface area contributed by atoms with E-state index in [9.17, 15) is 9.59 Å². The number of hydrogen-bond donors (Lipinski definition) is 2. The molecule has 1 aliphatic rings. The first kappa shape index (κ1) is 21.4. The summed E-state index contributed by atoms with van der Waals surface area (Å²) in [5, 5.41) is 2.89. The molecule has 140 valence electrons. The van der Waals surface area contributed by atoms with Gasteiger partial charge in [0, 0.05) is 43.5 Å². The van der Waals surface area contributed by atoms with E-state index in [1.54, 1.807) is 23.1 Å². The van der Waals surface area contributed by atoms with Gasteiger partial charge >= 0.3 is 0 Å². The Balaban J connectivity index is 0.00000312. The van der Waals surface area contributed by atoms with Gasteiger partial charge in [0.1, 0.15) is 0 Å². The molecule has 1 aliphatic heterocycles. The highest BCUT2D eigenvalue weighted by Gasteiger charge is 2.18. The topological polar surface area (TPSA) is 78.7 Å². The Morgan fingerprint density at radius 1 is 1.24 bits per heavy atom. The molecule has 0 radical (unpaired) electrons. The number of nitrogens with one attached hydrogen (secondary N) is 1. The van der Waals surface area contributed by atoms with E-state index in [1.807, 2.05) is 19.9 Å². The molecule has 25 heavy (non-hydrogen) atoms. The van der Waals surface area contributed by atoms with Crippen LogP contribution in [-0.2, 0) is 4.79 Å². The largest absolute Gasteiger partial charge is 0.339 e. The van der Waals surface area contributed by atoms with Crippen molar-refractivity contribution >= 4 is 29.9 Å². The van der Waals surface area contributed by atoms with Crippen molar-refractivity contribution in [2.75, 3.05) is 38.0 Å². The van der Waals surface area contributed by atoms with Gasteiger partial charge in [0.05, 0.1) is 6.54 Å². The summed E-state index contributed by atoms with van der Waals surface area (Å²) in [4.78, 5) is 28.5. The number of likely N-dealkylation sites (tertiary alicyclic amines) is 1. The number of anilines is 1. The van der Waals surface area contributed by atoms with E-state index in [0.29, 0.717) is 30.9 Å². The molecule has 2 amide bonds. The molecule has 0 saturated carbocycles. The third-order valence-corrected chi connectivity index (χ3v) is 4.44. The maximum atomic E-state index is 12.4. The summed E-state index contributed by atoms with van der Waals surface area (Å²) in [6.07, 6.45) is 1.86. The number of nitrogens with zero attached hydrogens (tertiary/aromatic N) is 2. The highest BCUT2D eigenvalue weighted by Crippen LogP contribution is 2.14. The summed E-state index contributed by atoms with van der Waals surface area (Å²) in [7, 11) is 0. The Labute approximate surface area is 156 Å². The fraction of sp³-hybridized carbons (Fsp3) is 0.556. The summed E-state index contributed by atoms with van der Waals surface area (Å²) >= 11 is 0. The zero-order valence-electron chi connectivity index (χ0n) is 15.0. The fourth-order valence-electron chi connectivity index (χ4n) is 2.94. The lowest BCUT2D eigenvalue weighted by molar-refractivity contribution is -0.117. The molecule has 1 aromatic carbocycles. The van der Waals surface area contributed by atoms with E-state index in [0.717, 1.165) is 25.9 Å². The number of halogens is 1. The second-order valence-corrected chi connectivity index (χ2v) is 6.22. The number of nitrogens with two attached hydrogens (primary N) is 1. The molecule has 2 rings (SSSR count). The minimum atomic E-state index is -0.0575. The zero-order chi connectivity index (χ0) is 17.5. The van der Waals surface area contributed by atoms with Crippen molar-refractivity contribution in [2.24, 2.45) is 5.73 Å². The lowest BCUT2D eigenvalue weighted by Crippen LogP contribution is -2.43. The molecule has 3 N–H and O–H groups in total. The van der Waals surface area contributed by atoms with Gasteiger partial charge in [-0.15, -0.1) is 12.4 Å². The lowest BCUT2D eigenvalue weighted by Gasteiger charge is -2.29. The van der Waals surface area contributed by atoms with E-state index < -0.39 is 0 Å². The summed E-state index contributed by atoms with van der Waals surface area (Å²) in [5.41, 5.74) is 7.14. The van der Waals surface area contributed by atoms with E-state index in [2.05, 4.69) is 10.2 Å². The van der Waals surface area contributed by atoms with E-state index in [-0.39, 0.29) is 30.3 Å². The van der Waals surface area contributed by atoms with Crippen molar-refractivity contribution in [1.29, 1.82) is 0 Å². The molecule has 7 heteroatoms. The zero-order valence-corrected chi connectivity index (χ0v) is 15.8. The van der Waals surface area contributed by atoms with Gasteiger partial charge in [0.25, 0.3) is 5.91 Å². The second kappa shape index (κ2) is 10.4. The minimum absolute atomic E-state index is 0. The van der Waals surface area contributed by atoms with Gasteiger partial charge in [0.15, 0.2) is 0 Å². The van der Waals surface area contributed by atoms with Gasteiger partial charge in [-0.05, 0) is 44.9 Å². The molecular formula is C18H29ClN4O2. The highest BCUT2D eigenvalue weighted by atomic mass is 35.5. The summed E-state index contributed by atoms with van der Waals surface area (Å²) in [6, 6.07) is 7.38. The van der Waals surface area contributed by atoms with Gasteiger partial charge in [-0.25, -0.2) is 0 Å². The van der Waals surface area contributed by atoms with Crippen LogP contribution in [0.5, 0.6) is 0 Å². The molecule has 0 aromatic heterocycles. The second-order valence-electron chi connectivity index (χ2n) is 6.22. The molecule has 1 heterocycles. The molecule has 0 atom stereocenters. The van der Waals surface area contributed by atoms with Crippen LogP contribution in [-0.4, -0.2) is 60.4 Å². The van der Waals surface area contributed by atoms with Crippen LogP contribution < -0.4 is 11.1 Å². The van der Waals surface area contributed by atoms with Crippen LogP contribution in [0.2, 0.25) is 0 Å². The Morgan fingerprint density at radius 2 is 1.88 bits per heavy atom. The molecule has 1 saturated heterocycles. The van der Waals surface area contributed by atoms with Crippen molar-refractivity contribution in [1.82, 2.24) is 9.80 Å². The predicted octanol–water partition coefficient (Wildman–Crippen LogP) is 1.95. The number of carbonyl (C=O) groups excluding carboxylic acids is 2. The van der Waals surface area contributed by atoms with Gasteiger partial charge < -0.3 is 16.0 Å². The standard InChI is InChI=1S/C18H28N4O2.ClH/c1-3-22(4-2)18(24)14-6-5-7-16(12-14)20-17(23)13-21-10-8-15(19)9-11-21;/h5-7,12,15H,3-4,8-11,13,19H2,1-2H3,(H,20,23);1H. The average Bonchev–Trinajstić information content (AvgIpc) is 2.58. The van der Waals surface area contributed by atoms with Crippen LogP contribution >= 0.6 is 12.4 Å². The average molecular weight is 369 g/mol. The maximum absolute atomic E-state index is 12.4.